The van der Waals surface area contributed by atoms with Gasteiger partial charge < -0.3 is 0 Å². The van der Waals surface area contributed by atoms with Crippen LogP contribution in [0.1, 0.15) is 55.9 Å². The number of benzene rings is 1. The molecule has 2 rings (SSSR count). The summed E-state index contributed by atoms with van der Waals surface area (Å²) < 4.78 is 0. The first-order valence-electron chi connectivity index (χ1n) is 6.38. The van der Waals surface area contributed by atoms with Gasteiger partial charge in [-0.25, -0.2) is 0 Å². The SMILES string of the molecule is CC.Cc1cc2c(cc1C(C)C)CN(C)C2. The van der Waals surface area contributed by atoms with E-state index >= 15 is 0 Å². The van der Waals surface area contributed by atoms with E-state index in [1.165, 1.54) is 22.3 Å². The van der Waals surface area contributed by atoms with E-state index < -0.39 is 0 Å². The largest absolute Gasteiger partial charge is 0.298 e. The molecule has 1 nitrogen and oxygen atoms in total. The minimum Gasteiger partial charge on any atom is -0.298 e. The number of rotatable bonds is 1. The van der Waals surface area contributed by atoms with Crippen LogP contribution >= 0.6 is 0 Å². The maximum Gasteiger partial charge on any atom is 0.0237 e. The fraction of sp³-hybridized carbons (Fsp3) is 0.600. The van der Waals surface area contributed by atoms with Crippen LogP contribution < -0.4 is 0 Å². The lowest BCUT2D eigenvalue weighted by Crippen LogP contribution is -2.07. The first-order chi connectivity index (χ1) is 7.58. The Morgan fingerprint density at radius 1 is 1.06 bits per heavy atom. The predicted molar refractivity (Wildman–Crippen MR) is 71.8 cm³/mol. The molecule has 0 saturated carbocycles. The zero-order valence-corrected chi connectivity index (χ0v) is 11.6. The lowest BCUT2D eigenvalue weighted by Gasteiger charge is -2.11. The molecule has 0 fully saturated rings. The van der Waals surface area contributed by atoms with Gasteiger partial charge in [-0.2, -0.15) is 0 Å². The third kappa shape index (κ3) is 2.65. The number of fused-ring (bicyclic) bond motifs is 1. The molecule has 1 aliphatic heterocycles. The molecule has 0 amide bonds. The van der Waals surface area contributed by atoms with Crippen LogP contribution in [0.3, 0.4) is 0 Å². The first-order valence-corrected chi connectivity index (χ1v) is 6.38. The second-order valence-corrected chi connectivity index (χ2v) is 4.80. The Labute approximate surface area is 100 Å². The van der Waals surface area contributed by atoms with Gasteiger partial charge in [0.2, 0.25) is 0 Å². The Morgan fingerprint density at radius 2 is 1.56 bits per heavy atom. The Kier molecular flexibility index (Phi) is 4.55. The molecule has 0 radical (unpaired) electrons. The summed E-state index contributed by atoms with van der Waals surface area (Å²) in [4.78, 5) is 2.37. The van der Waals surface area contributed by atoms with Gasteiger partial charge in [-0.1, -0.05) is 39.8 Å². The van der Waals surface area contributed by atoms with Crippen LogP contribution in [-0.4, -0.2) is 11.9 Å². The molecule has 90 valence electrons. The molecular weight excluding hydrogens is 194 g/mol. The summed E-state index contributed by atoms with van der Waals surface area (Å²) in [5.74, 6) is 0.645. The molecule has 0 bridgehead atoms. The van der Waals surface area contributed by atoms with Gasteiger partial charge in [0, 0.05) is 13.1 Å². The van der Waals surface area contributed by atoms with Gasteiger partial charge in [0.25, 0.3) is 0 Å². The van der Waals surface area contributed by atoms with Crippen LogP contribution in [0.2, 0.25) is 0 Å². The summed E-state index contributed by atoms with van der Waals surface area (Å²) in [6.45, 7) is 13.0. The highest BCUT2D eigenvalue weighted by atomic mass is 15.1. The van der Waals surface area contributed by atoms with E-state index in [4.69, 9.17) is 0 Å². The van der Waals surface area contributed by atoms with E-state index in [1.54, 1.807) is 0 Å². The van der Waals surface area contributed by atoms with Crippen LogP contribution in [0.15, 0.2) is 12.1 Å². The highest BCUT2D eigenvalue weighted by Gasteiger charge is 2.17. The van der Waals surface area contributed by atoms with Crippen LogP contribution in [0.25, 0.3) is 0 Å². The molecule has 0 atom stereocenters. The summed E-state index contributed by atoms with van der Waals surface area (Å²) >= 11 is 0. The number of hydrogen-bond acceptors (Lipinski definition) is 1. The van der Waals surface area contributed by atoms with Gasteiger partial charge >= 0.3 is 0 Å². The van der Waals surface area contributed by atoms with Crippen molar-refractivity contribution in [3.63, 3.8) is 0 Å². The zero-order chi connectivity index (χ0) is 12.3. The molecule has 0 aliphatic carbocycles. The van der Waals surface area contributed by atoms with Gasteiger partial charge in [0.05, 0.1) is 0 Å². The molecule has 1 aliphatic rings. The third-order valence-corrected chi connectivity index (χ3v) is 3.09. The molecule has 1 aromatic rings. The molecule has 1 aromatic carbocycles. The van der Waals surface area contributed by atoms with Gasteiger partial charge in [-0.05, 0) is 42.1 Å². The van der Waals surface area contributed by atoms with Crippen molar-refractivity contribution in [2.45, 2.75) is 53.6 Å². The maximum absolute atomic E-state index is 2.40. The van der Waals surface area contributed by atoms with E-state index in [2.05, 4.69) is 44.9 Å². The van der Waals surface area contributed by atoms with Crippen LogP contribution in [0.5, 0.6) is 0 Å². The van der Waals surface area contributed by atoms with Gasteiger partial charge in [0.1, 0.15) is 0 Å². The standard InChI is InChI=1S/C13H19N.C2H6/c1-9(2)13-6-12-8-14(4)7-11(12)5-10(13)3;1-2/h5-6,9H,7-8H2,1-4H3;1-2H3. The molecule has 16 heavy (non-hydrogen) atoms. The maximum atomic E-state index is 2.40. The highest BCUT2D eigenvalue weighted by molar-refractivity contribution is 5.41. The van der Waals surface area contributed by atoms with Gasteiger partial charge in [0.15, 0.2) is 0 Å². The number of hydrogen-bond donors (Lipinski definition) is 0. The van der Waals surface area contributed by atoms with E-state index in [1.807, 2.05) is 13.8 Å². The fourth-order valence-corrected chi connectivity index (χ4v) is 2.39. The molecule has 1 heteroatoms. The molecule has 0 saturated heterocycles. The molecule has 0 aromatic heterocycles. The average molecular weight is 219 g/mol. The summed E-state index contributed by atoms with van der Waals surface area (Å²) in [5, 5.41) is 0. The topological polar surface area (TPSA) is 3.24 Å². The Hall–Kier alpha value is -0.820. The predicted octanol–water partition coefficient (Wildman–Crippen LogP) is 4.09. The first kappa shape index (κ1) is 13.2. The van der Waals surface area contributed by atoms with Crippen molar-refractivity contribution in [2.24, 2.45) is 0 Å². The van der Waals surface area contributed by atoms with Crippen LogP contribution in [0.4, 0.5) is 0 Å². The van der Waals surface area contributed by atoms with Crippen molar-refractivity contribution < 1.29 is 0 Å². The Balaban J connectivity index is 0.000000606. The quantitative estimate of drug-likeness (QED) is 0.687. The van der Waals surface area contributed by atoms with Crippen molar-refractivity contribution >= 4 is 0 Å². The van der Waals surface area contributed by atoms with Crippen molar-refractivity contribution in [1.29, 1.82) is 0 Å². The van der Waals surface area contributed by atoms with Gasteiger partial charge in [-0.3, -0.25) is 4.90 Å². The van der Waals surface area contributed by atoms with Crippen LogP contribution in [0, 0.1) is 6.92 Å². The molecule has 0 unspecified atom stereocenters. The lowest BCUT2D eigenvalue weighted by molar-refractivity contribution is 0.353. The minimum atomic E-state index is 0.645. The third-order valence-electron chi connectivity index (χ3n) is 3.09. The summed E-state index contributed by atoms with van der Waals surface area (Å²) in [7, 11) is 2.18. The van der Waals surface area contributed by atoms with E-state index in [0.717, 1.165) is 13.1 Å². The van der Waals surface area contributed by atoms with Gasteiger partial charge in [-0.15, -0.1) is 0 Å². The Morgan fingerprint density at radius 3 is 2.06 bits per heavy atom. The van der Waals surface area contributed by atoms with Crippen molar-refractivity contribution in [2.75, 3.05) is 7.05 Å². The molecule has 0 N–H and O–H groups in total. The summed E-state index contributed by atoms with van der Waals surface area (Å²) in [6.07, 6.45) is 0. The average Bonchev–Trinajstić information content (AvgIpc) is 2.58. The zero-order valence-electron chi connectivity index (χ0n) is 11.6. The molecule has 1 heterocycles. The normalized spacial score (nSPS) is 14.7. The van der Waals surface area contributed by atoms with E-state index in [0.29, 0.717) is 5.92 Å². The molecular formula is C15H25N. The van der Waals surface area contributed by atoms with E-state index in [-0.39, 0.29) is 0 Å². The summed E-state index contributed by atoms with van der Waals surface area (Å²) in [6, 6.07) is 4.77. The highest BCUT2D eigenvalue weighted by Crippen LogP contribution is 2.28. The number of aryl methyl sites for hydroxylation is 1. The minimum absolute atomic E-state index is 0.645. The lowest BCUT2D eigenvalue weighted by atomic mass is 9.94. The van der Waals surface area contributed by atoms with Crippen molar-refractivity contribution in [1.82, 2.24) is 4.90 Å². The molecule has 0 spiro atoms. The number of nitrogens with zero attached hydrogens (tertiary/aromatic N) is 1. The van der Waals surface area contributed by atoms with E-state index in [9.17, 15) is 0 Å². The second kappa shape index (κ2) is 5.49. The second-order valence-electron chi connectivity index (χ2n) is 4.80. The summed E-state index contributed by atoms with van der Waals surface area (Å²) in [5.41, 5.74) is 6.02. The van der Waals surface area contributed by atoms with Crippen LogP contribution in [-0.2, 0) is 13.1 Å². The smallest absolute Gasteiger partial charge is 0.0237 e. The van der Waals surface area contributed by atoms with Crippen molar-refractivity contribution in [3.8, 4) is 0 Å². The monoisotopic (exact) mass is 219 g/mol. The fourth-order valence-electron chi connectivity index (χ4n) is 2.39. The van der Waals surface area contributed by atoms with Crippen molar-refractivity contribution in [3.05, 3.63) is 34.4 Å². The Bertz CT molecular complexity index is 353.